The van der Waals surface area contributed by atoms with Crippen molar-refractivity contribution < 1.29 is 18.0 Å². The van der Waals surface area contributed by atoms with Crippen LogP contribution in [0.3, 0.4) is 0 Å². The Hall–Kier alpha value is -1.75. The molecule has 1 aromatic heterocycles. The van der Waals surface area contributed by atoms with Crippen LogP contribution in [0.4, 0.5) is 5.82 Å². The number of hydrogen-bond acceptors (Lipinski definition) is 5. The van der Waals surface area contributed by atoms with Crippen LogP contribution in [0.1, 0.15) is 12.8 Å². The molecule has 1 aliphatic rings. The maximum atomic E-state index is 12.0. The van der Waals surface area contributed by atoms with Crippen molar-refractivity contribution in [1.29, 1.82) is 0 Å². The van der Waals surface area contributed by atoms with Gasteiger partial charge in [0.25, 0.3) is 10.2 Å². The molecule has 2 amide bonds. The average molecular weight is 390 g/mol. The number of aromatic nitrogens is 1. The van der Waals surface area contributed by atoms with Crippen molar-refractivity contribution in [3.8, 4) is 0 Å². The lowest BCUT2D eigenvalue weighted by Crippen LogP contribution is -2.50. The minimum absolute atomic E-state index is 0.219. The van der Waals surface area contributed by atoms with Gasteiger partial charge in [-0.3, -0.25) is 9.59 Å². The summed E-state index contributed by atoms with van der Waals surface area (Å²) in [6, 6.07) is 2.77. The van der Waals surface area contributed by atoms with Gasteiger partial charge in [0.2, 0.25) is 0 Å². The van der Waals surface area contributed by atoms with Crippen LogP contribution in [0.5, 0.6) is 0 Å². The van der Waals surface area contributed by atoms with Crippen molar-refractivity contribution in [1.82, 2.24) is 18.9 Å². The van der Waals surface area contributed by atoms with Crippen molar-refractivity contribution in [2.24, 2.45) is 0 Å². The predicted molar refractivity (Wildman–Crippen MR) is 93.2 cm³/mol. The van der Waals surface area contributed by atoms with Crippen LogP contribution < -0.4 is 10.6 Å². The summed E-state index contributed by atoms with van der Waals surface area (Å²) in [6.07, 6.45) is 2.23. The van der Waals surface area contributed by atoms with E-state index in [0.717, 1.165) is 4.31 Å². The Balaban J connectivity index is 1.84. The predicted octanol–water partition coefficient (Wildman–Crippen LogP) is 0.0605. The number of carbonyl (C=O) groups excluding carboxylic acids is 2. The first-order chi connectivity index (χ1) is 11.7. The minimum Gasteiger partial charge on any atom is -0.345 e. The van der Waals surface area contributed by atoms with Crippen molar-refractivity contribution in [3.63, 3.8) is 0 Å². The van der Waals surface area contributed by atoms with Gasteiger partial charge in [-0.2, -0.15) is 17.0 Å². The van der Waals surface area contributed by atoms with E-state index in [0.29, 0.717) is 17.9 Å². The van der Waals surface area contributed by atoms with E-state index in [9.17, 15) is 18.0 Å². The van der Waals surface area contributed by atoms with Gasteiger partial charge in [0.05, 0.1) is 5.02 Å². The molecule has 0 radical (unpaired) electrons. The molecule has 1 aromatic rings. The van der Waals surface area contributed by atoms with E-state index in [-0.39, 0.29) is 24.9 Å². The number of hydrogen-bond donors (Lipinski definition) is 2. The monoisotopic (exact) mass is 389 g/mol. The van der Waals surface area contributed by atoms with Crippen molar-refractivity contribution >= 4 is 39.4 Å². The Morgan fingerprint density at radius 1 is 1.24 bits per heavy atom. The molecule has 9 nitrogen and oxygen atoms in total. The van der Waals surface area contributed by atoms with E-state index in [2.05, 4.69) is 15.6 Å². The molecule has 2 rings (SSSR count). The standard InChI is InChI=1S/C14H20ClN5O4S/c1-19(2)25(23,24)20-7-5-11(6-8-20)17-13(21)14(22)18-12-4-3-10(15)9-16-12/h3-4,9,11H,5-8H2,1-2H3,(H,17,21)(H,16,18,22). The zero-order valence-corrected chi connectivity index (χ0v) is 15.5. The molecule has 2 heterocycles. The lowest BCUT2D eigenvalue weighted by Gasteiger charge is -2.32. The topological polar surface area (TPSA) is 112 Å². The van der Waals surface area contributed by atoms with Gasteiger partial charge >= 0.3 is 11.8 Å². The van der Waals surface area contributed by atoms with E-state index in [1.165, 1.54) is 30.7 Å². The average Bonchev–Trinajstić information content (AvgIpc) is 2.57. The Morgan fingerprint density at radius 2 is 1.88 bits per heavy atom. The van der Waals surface area contributed by atoms with Crippen LogP contribution in [-0.4, -0.2) is 67.1 Å². The second-order valence-corrected chi connectivity index (χ2v) is 8.33. The van der Waals surface area contributed by atoms with Crippen LogP contribution in [0.25, 0.3) is 0 Å². The van der Waals surface area contributed by atoms with Crippen LogP contribution in [0, 0.1) is 0 Å². The first-order valence-corrected chi connectivity index (χ1v) is 9.38. The highest BCUT2D eigenvalue weighted by molar-refractivity contribution is 7.86. The highest BCUT2D eigenvalue weighted by Crippen LogP contribution is 2.15. The van der Waals surface area contributed by atoms with Crippen molar-refractivity contribution in [2.75, 3.05) is 32.5 Å². The fourth-order valence-electron chi connectivity index (χ4n) is 2.34. The summed E-state index contributed by atoms with van der Waals surface area (Å²) in [6.45, 7) is 0.567. The van der Waals surface area contributed by atoms with Crippen LogP contribution in [0.2, 0.25) is 5.02 Å². The molecular weight excluding hydrogens is 370 g/mol. The summed E-state index contributed by atoms with van der Waals surface area (Å²) in [4.78, 5) is 27.7. The summed E-state index contributed by atoms with van der Waals surface area (Å²) in [5.74, 6) is -1.40. The van der Waals surface area contributed by atoms with Gasteiger partial charge in [-0.1, -0.05) is 11.6 Å². The number of amides is 2. The summed E-state index contributed by atoms with van der Waals surface area (Å²) >= 11 is 5.70. The lowest BCUT2D eigenvalue weighted by molar-refractivity contribution is -0.136. The van der Waals surface area contributed by atoms with Crippen molar-refractivity contribution in [2.45, 2.75) is 18.9 Å². The number of pyridine rings is 1. The van der Waals surface area contributed by atoms with Gasteiger partial charge in [-0.05, 0) is 25.0 Å². The molecule has 1 aliphatic heterocycles. The fraction of sp³-hybridized carbons (Fsp3) is 0.500. The molecule has 11 heteroatoms. The second-order valence-electron chi connectivity index (χ2n) is 5.75. The Kier molecular flexibility index (Phi) is 6.33. The normalized spacial score (nSPS) is 16.6. The number of nitrogens with zero attached hydrogens (tertiary/aromatic N) is 3. The van der Waals surface area contributed by atoms with Crippen LogP contribution in [0.15, 0.2) is 18.3 Å². The molecule has 0 unspecified atom stereocenters. The molecule has 0 atom stereocenters. The van der Waals surface area contributed by atoms with E-state index < -0.39 is 22.0 Å². The summed E-state index contributed by atoms with van der Waals surface area (Å²) < 4.78 is 26.6. The highest BCUT2D eigenvalue weighted by atomic mass is 35.5. The van der Waals surface area contributed by atoms with Gasteiger partial charge in [0, 0.05) is 39.4 Å². The smallest absolute Gasteiger partial charge is 0.314 e. The Bertz CT molecular complexity index is 730. The third-order valence-corrected chi connectivity index (χ3v) is 5.92. The van der Waals surface area contributed by atoms with Gasteiger partial charge in [0.1, 0.15) is 5.82 Å². The number of anilines is 1. The van der Waals surface area contributed by atoms with Gasteiger partial charge in [-0.15, -0.1) is 0 Å². The number of nitrogens with one attached hydrogen (secondary N) is 2. The number of rotatable bonds is 4. The molecule has 1 saturated heterocycles. The number of carbonyl (C=O) groups is 2. The zero-order chi connectivity index (χ0) is 18.6. The molecule has 0 saturated carbocycles. The Morgan fingerprint density at radius 3 is 2.40 bits per heavy atom. The first-order valence-electron chi connectivity index (χ1n) is 7.61. The minimum atomic E-state index is -3.46. The number of piperidine rings is 1. The first kappa shape index (κ1) is 19.6. The fourth-order valence-corrected chi connectivity index (χ4v) is 3.58. The van der Waals surface area contributed by atoms with E-state index in [1.54, 1.807) is 6.07 Å². The van der Waals surface area contributed by atoms with E-state index >= 15 is 0 Å². The second kappa shape index (κ2) is 8.09. The lowest BCUT2D eigenvalue weighted by atomic mass is 10.1. The summed E-state index contributed by atoms with van der Waals surface area (Å²) in [5.41, 5.74) is 0. The number of halogens is 1. The van der Waals surface area contributed by atoms with Crippen LogP contribution >= 0.6 is 11.6 Å². The molecule has 0 aliphatic carbocycles. The van der Waals surface area contributed by atoms with Gasteiger partial charge in [0.15, 0.2) is 0 Å². The summed E-state index contributed by atoms with van der Waals surface area (Å²) in [7, 11) is -0.516. The third-order valence-electron chi connectivity index (χ3n) is 3.75. The van der Waals surface area contributed by atoms with E-state index in [4.69, 9.17) is 11.6 Å². The molecule has 0 bridgehead atoms. The third kappa shape index (κ3) is 5.11. The largest absolute Gasteiger partial charge is 0.345 e. The maximum Gasteiger partial charge on any atom is 0.314 e. The van der Waals surface area contributed by atoms with Gasteiger partial charge in [-0.25, -0.2) is 4.98 Å². The quantitative estimate of drug-likeness (QED) is 0.707. The molecule has 0 spiro atoms. The summed E-state index contributed by atoms with van der Waals surface area (Å²) in [5, 5.41) is 5.40. The van der Waals surface area contributed by atoms with Crippen LogP contribution in [-0.2, 0) is 19.8 Å². The molecule has 2 N–H and O–H groups in total. The Labute approximate surface area is 151 Å². The highest BCUT2D eigenvalue weighted by Gasteiger charge is 2.30. The van der Waals surface area contributed by atoms with E-state index in [1.807, 2.05) is 0 Å². The molecule has 0 aromatic carbocycles. The SMILES string of the molecule is CN(C)S(=O)(=O)N1CCC(NC(=O)C(=O)Nc2ccc(Cl)cn2)CC1. The zero-order valence-electron chi connectivity index (χ0n) is 13.9. The van der Waals surface area contributed by atoms with Crippen molar-refractivity contribution in [3.05, 3.63) is 23.4 Å². The van der Waals surface area contributed by atoms with Gasteiger partial charge < -0.3 is 10.6 Å². The molecular formula is C14H20ClN5O4S. The molecule has 138 valence electrons. The molecule has 25 heavy (non-hydrogen) atoms. The molecule has 1 fully saturated rings. The maximum absolute atomic E-state index is 12.0.